The molecule has 134 valence electrons. The first-order chi connectivity index (χ1) is 13.1. The van der Waals surface area contributed by atoms with Crippen LogP contribution in [0.5, 0.6) is 5.75 Å². The van der Waals surface area contributed by atoms with Gasteiger partial charge in [0.2, 0.25) is 0 Å². The Morgan fingerprint density at radius 2 is 1.85 bits per heavy atom. The molecule has 0 bridgehead atoms. The number of fused-ring (bicyclic) bond motifs is 1. The second-order valence-corrected chi connectivity index (χ2v) is 6.34. The van der Waals surface area contributed by atoms with Gasteiger partial charge in [0.1, 0.15) is 5.82 Å². The molecule has 4 aromatic rings. The molecule has 2 aromatic heterocycles. The van der Waals surface area contributed by atoms with Gasteiger partial charge in [-0.15, -0.1) is 0 Å². The maximum absolute atomic E-state index is 13.4. The Bertz CT molecular complexity index is 1190. The molecule has 0 aliphatic carbocycles. The van der Waals surface area contributed by atoms with Crippen molar-refractivity contribution in [3.05, 3.63) is 88.1 Å². The summed E-state index contributed by atoms with van der Waals surface area (Å²) >= 11 is 6.21. The highest BCUT2D eigenvalue weighted by molar-refractivity contribution is 6.31. The molecule has 4 rings (SSSR count). The number of rotatable bonds is 3. The van der Waals surface area contributed by atoms with Crippen molar-refractivity contribution in [1.82, 2.24) is 9.55 Å². The summed E-state index contributed by atoms with van der Waals surface area (Å²) in [7, 11) is 1.44. The van der Waals surface area contributed by atoms with E-state index in [0.717, 1.165) is 5.39 Å². The van der Waals surface area contributed by atoms with E-state index in [2.05, 4.69) is 4.98 Å². The van der Waals surface area contributed by atoms with Crippen LogP contribution >= 0.6 is 11.6 Å². The quantitative estimate of drug-likeness (QED) is 0.510. The van der Waals surface area contributed by atoms with Gasteiger partial charge in [-0.25, -0.2) is 4.39 Å². The maximum Gasteiger partial charge on any atom is 0.298 e. The zero-order valence-electron chi connectivity index (χ0n) is 14.3. The first-order valence-electron chi connectivity index (χ1n) is 8.20. The summed E-state index contributed by atoms with van der Waals surface area (Å²) in [5.41, 5.74) is 1.93. The second kappa shape index (κ2) is 6.85. The molecule has 0 aliphatic rings. The van der Waals surface area contributed by atoms with Crippen molar-refractivity contribution in [3.63, 3.8) is 0 Å². The number of aromatic nitrogens is 2. The fourth-order valence-corrected chi connectivity index (χ4v) is 3.31. The normalized spacial score (nSPS) is 10.9. The van der Waals surface area contributed by atoms with E-state index in [0.29, 0.717) is 27.5 Å². The highest BCUT2D eigenvalue weighted by Gasteiger charge is 2.20. The van der Waals surface area contributed by atoms with Gasteiger partial charge in [-0.2, -0.15) is 0 Å². The Balaban J connectivity index is 2.18. The predicted octanol–water partition coefficient (Wildman–Crippen LogP) is 4.85. The van der Waals surface area contributed by atoms with E-state index in [1.807, 2.05) is 18.2 Å². The fourth-order valence-electron chi connectivity index (χ4n) is 3.14. The molecule has 0 unspecified atom stereocenters. The minimum atomic E-state index is -0.383. The summed E-state index contributed by atoms with van der Waals surface area (Å²) in [5, 5.41) is 1.23. The zero-order valence-corrected chi connectivity index (χ0v) is 15.1. The Kier molecular flexibility index (Phi) is 4.38. The lowest BCUT2D eigenvalue weighted by atomic mass is 10.0. The molecule has 0 radical (unpaired) electrons. The van der Waals surface area contributed by atoms with E-state index >= 15 is 0 Å². The molecule has 2 heterocycles. The van der Waals surface area contributed by atoms with Crippen LogP contribution in [0.2, 0.25) is 5.02 Å². The number of hydrogen-bond acceptors (Lipinski definition) is 3. The van der Waals surface area contributed by atoms with Gasteiger partial charge in [-0.3, -0.25) is 14.3 Å². The maximum atomic E-state index is 13.4. The number of hydrogen-bond donors (Lipinski definition) is 0. The molecule has 27 heavy (non-hydrogen) atoms. The minimum Gasteiger partial charge on any atom is -0.491 e. The van der Waals surface area contributed by atoms with Crippen LogP contribution < -0.4 is 10.3 Å². The predicted molar refractivity (Wildman–Crippen MR) is 104 cm³/mol. The molecule has 6 heteroatoms. The molecule has 0 atom stereocenters. The Labute approximate surface area is 159 Å². The standard InChI is InChI=1S/C21H14ClFN2O2/c1-27-20-19(17-4-2-3-11-24-17)16-10-5-13(22)12-18(16)25(21(20)26)15-8-6-14(23)7-9-15/h2-12H,1H3. The van der Waals surface area contributed by atoms with Gasteiger partial charge >= 0.3 is 0 Å². The minimum absolute atomic E-state index is 0.160. The van der Waals surface area contributed by atoms with Gasteiger partial charge in [0.25, 0.3) is 5.56 Å². The van der Waals surface area contributed by atoms with Crippen LogP contribution in [0.15, 0.2) is 71.7 Å². The van der Waals surface area contributed by atoms with Gasteiger partial charge < -0.3 is 4.74 Å². The van der Waals surface area contributed by atoms with Gasteiger partial charge in [0, 0.05) is 22.3 Å². The van der Waals surface area contributed by atoms with E-state index in [1.54, 1.807) is 24.4 Å². The van der Waals surface area contributed by atoms with Crippen molar-refractivity contribution in [3.8, 4) is 22.7 Å². The molecule has 0 N–H and O–H groups in total. The molecule has 0 spiro atoms. The molecule has 4 nitrogen and oxygen atoms in total. The molecule has 0 amide bonds. The summed E-state index contributed by atoms with van der Waals surface area (Å²) in [5.74, 6) is -0.223. The van der Waals surface area contributed by atoms with Crippen molar-refractivity contribution < 1.29 is 9.13 Å². The van der Waals surface area contributed by atoms with E-state index in [-0.39, 0.29) is 17.1 Å². The van der Waals surface area contributed by atoms with Crippen LogP contribution in [0, 0.1) is 5.82 Å². The summed E-state index contributed by atoms with van der Waals surface area (Å²) in [6.45, 7) is 0. The molecule has 0 saturated carbocycles. The Morgan fingerprint density at radius 3 is 2.52 bits per heavy atom. The average Bonchev–Trinajstić information content (AvgIpc) is 2.69. The fraction of sp³-hybridized carbons (Fsp3) is 0.0476. The lowest BCUT2D eigenvalue weighted by Crippen LogP contribution is -2.21. The number of nitrogens with zero attached hydrogens (tertiary/aromatic N) is 2. The molecular formula is C21H14ClFN2O2. The highest BCUT2D eigenvalue weighted by Crippen LogP contribution is 2.35. The number of benzene rings is 2. The molecule has 0 saturated heterocycles. The van der Waals surface area contributed by atoms with Crippen molar-refractivity contribution >= 4 is 22.5 Å². The Hall–Kier alpha value is -3.18. The number of methoxy groups -OCH3 is 1. The van der Waals surface area contributed by atoms with Crippen LogP contribution in [0.1, 0.15) is 0 Å². The molecule has 0 fully saturated rings. The zero-order chi connectivity index (χ0) is 19.0. The second-order valence-electron chi connectivity index (χ2n) is 5.90. The number of pyridine rings is 2. The first kappa shape index (κ1) is 17.2. The lowest BCUT2D eigenvalue weighted by Gasteiger charge is -2.17. The van der Waals surface area contributed by atoms with E-state index in [1.165, 1.54) is 35.9 Å². The van der Waals surface area contributed by atoms with Crippen LogP contribution in [0.4, 0.5) is 4.39 Å². The van der Waals surface area contributed by atoms with Crippen LogP contribution in [0.3, 0.4) is 0 Å². The summed E-state index contributed by atoms with van der Waals surface area (Å²) in [4.78, 5) is 17.7. The van der Waals surface area contributed by atoms with E-state index < -0.39 is 0 Å². The highest BCUT2D eigenvalue weighted by atomic mass is 35.5. The molecule has 0 aliphatic heterocycles. The van der Waals surface area contributed by atoms with Gasteiger partial charge in [0.15, 0.2) is 5.75 Å². The third-order valence-electron chi connectivity index (χ3n) is 4.30. The first-order valence-corrected chi connectivity index (χ1v) is 8.57. The van der Waals surface area contributed by atoms with Crippen LogP contribution in [-0.2, 0) is 0 Å². The molecule has 2 aromatic carbocycles. The van der Waals surface area contributed by atoms with E-state index in [9.17, 15) is 9.18 Å². The number of halogens is 2. The van der Waals surface area contributed by atoms with Crippen molar-refractivity contribution in [2.45, 2.75) is 0 Å². The topological polar surface area (TPSA) is 44.1 Å². The largest absolute Gasteiger partial charge is 0.491 e. The van der Waals surface area contributed by atoms with Gasteiger partial charge in [-0.1, -0.05) is 23.7 Å². The summed E-state index contributed by atoms with van der Waals surface area (Å²) in [6, 6.07) is 16.4. The third kappa shape index (κ3) is 2.96. The summed E-state index contributed by atoms with van der Waals surface area (Å²) in [6.07, 6.45) is 1.65. The number of ether oxygens (including phenoxy) is 1. The summed E-state index contributed by atoms with van der Waals surface area (Å²) < 4.78 is 20.3. The van der Waals surface area contributed by atoms with E-state index in [4.69, 9.17) is 16.3 Å². The van der Waals surface area contributed by atoms with Gasteiger partial charge in [-0.05, 0) is 48.5 Å². The van der Waals surface area contributed by atoms with Crippen molar-refractivity contribution in [1.29, 1.82) is 0 Å². The third-order valence-corrected chi connectivity index (χ3v) is 4.54. The monoisotopic (exact) mass is 380 g/mol. The van der Waals surface area contributed by atoms with Crippen LogP contribution in [-0.4, -0.2) is 16.7 Å². The average molecular weight is 381 g/mol. The lowest BCUT2D eigenvalue weighted by molar-refractivity contribution is 0.409. The van der Waals surface area contributed by atoms with Crippen LogP contribution in [0.25, 0.3) is 27.8 Å². The Morgan fingerprint density at radius 1 is 1.07 bits per heavy atom. The molecular weight excluding hydrogens is 367 g/mol. The van der Waals surface area contributed by atoms with Crippen molar-refractivity contribution in [2.75, 3.05) is 7.11 Å². The smallest absolute Gasteiger partial charge is 0.298 e. The van der Waals surface area contributed by atoms with Crippen molar-refractivity contribution in [2.24, 2.45) is 0 Å². The van der Waals surface area contributed by atoms with Gasteiger partial charge in [0.05, 0.1) is 23.9 Å². The SMILES string of the molecule is COc1c(-c2ccccn2)c2ccc(Cl)cc2n(-c2ccc(F)cc2)c1=O.